The van der Waals surface area contributed by atoms with Gasteiger partial charge in [-0.25, -0.2) is 0 Å². The molecule has 2 nitrogen and oxygen atoms in total. The number of anilines is 1. The number of hydrogen-bond donors (Lipinski definition) is 1. The normalized spacial score (nSPS) is 18.3. The first-order chi connectivity index (χ1) is 14.2. The van der Waals surface area contributed by atoms with Crippen molar-refractivity contribution in [3.8, 4) is 0 Å². The molecule has 0 amide bonds. The molecule has 0 aromatic heterocycles. The van der Waals surface area contributed by atoms with Crippen LogP contribution in [0.5, 0.6) is 0 Å². The van der Waals surface area contributed by atoms with Crippen molar-refractivity contribution in [3.63, 3.8) is 0 Å². The first kappa shape index (κ1) is 19.3. The van der Waals surface area contributed by atoms with Crippen LogP contribution in [-0.2, 0) is 0 Å². The van der Waals surface area contributed by atoms with E-state index in [4.69, 9.17) is 23.2 Å². The summed E-state index contributed by atoms with van der Waals surface area (Å²) in [6.07, 6.45) is 5.67. The average molecular weight is 441 g/mol. The predicted molar refractivity (Wildman–Crippen MR) is 127 cm³/mol. The number of nitrogens with one attached hydrogen (secondary N) is 1. The fourth-order valence-electron chi connectivity index (χ4n) is 4.34. The summed E-state index contributed by atoms with van der Waals surface area (Å²) in [6.45, 7) is 1.92. The molecule has 0 radical (unpaired) electrons. The van der Waals surface area contributed by atoms with Gasteiger partial charge in [0.25, 0.3) is 0 Å². The highest BCUT2D eigenvalue weighted by molar-refractivity contribution is 8.01. The number of nitrogens with zero attached hydrogens (tertiary/aromatic N) is 1. The molecular formula is C24H22Cl2N2S. The van der Waals surface area contributed by atoms with Crippen LogP contribution in [0.2, 0.25) is 10.0 Å². The van der Waals surface area contributed by atoms with Gasteiger partial charge in [0, 0.05) is 34.8 Å². The monoisotopic (exact) mass is 440 g/mol. The molecule has 2 heterocycles. The summed E-state index contributed by atoms with van der Waals surface area (Å²) in [5.74, 6) is 0. The summed E-state index contributed by atoms with van der Waals surface area (Å²) in [4.78, 5) is 1.24. The molecule has 29 heavy (non-hydrogen) atoms. The number of benzene rings is 3. The molecule has 0 bridgehead atoms. The van der Waals surface area contributed by atoms with Gasteiger partial charge in [-0.15, -0.1) is 0 Å². The second-order valence-corrected chi connectivity index (χ2v) is 9.49. The van der Waals surface area contributed by atoms with Crippen molar-refractivity contribution in [1.82, 2.24) is 5.32 Å². The summed E-state index contributed by atoms with van der Waals surface area (Å²) in [5.41, 5.74) is 3.92. The van der Waals surface area contributed by atoms with Crippen molar-refractivity contribution in [2.75, 3.05) is 17.4 Å². The van der Waals surface area contributed by atoms with Gasteiger partial charge in [0.15, 0.2) is 0 Å². The van der Waals surface area contributed by atoms with Crippen LogP contribution in [0.15, 0.2) is 65.6 Å². The minimum absolute atomic E-state index is 0.519. The summed E-state index contributed by atoms with van der Waals surface area (Å²) in [6, 6.07) is 19.4. The lowest BCUT2D eigenvalue weighted by Crippen LogP contribution is -2.33. The lowest BCUT2D eigenvalue weighted by atomic mass is 9.93. The van der Waals surface area contributed by atoms with E-state index in [1.807, 2.05) is 6.07 Å². The SMILES string of the molecule is Clc1cc(Cl)c2cccc3c2c1N(CCCC1CC(c2ccccc2)=CCN1)S3. The van der Waals surface area contributed by atoms with E-state index in [-0.39, 0.29) is 0 Å². The van der Waals surface area contributed by atoms with E-state index in [1.165, 1.54) is 21.4 Å². The van der Waals surface area contributed by atoms with Crippen LogP contribution in [0, 0.1) is 0 Å². The highest BCUT2D eigenvalue weighted by Crippen LogP contribution is 2.51. The van der Waals surface area contributed by atoms with Crippen LogP contribution in [0.3, 0.4) is 0 Å². The number of rotatable bonds is 5. The maximum absolute atomic E-state index is 6.59. The third kappa shape index (κ3) is 3.77. The number of hydrogen-bond acceptors (Lipinski definition) is 3. The van der Waals surface area contributed by atoms with E-state index >= 15 is 0 Å². The maximum atomic E-state index is 6.59. The molecule has 1 N–H and O–H groups in total. The third-order valence-electron chi connectivity index (χ3n) is 5.74. The van der Waals surface area contributed by atoms with Gasteiger partial charge in [0.1, 0.15) is 0 Å². The highest BCUT2D eigenvalue weighted by atomic mass is 35.5. The van der Waals surface area contributed by atoms with E-state index in [9.17, 15) is 0 Å². The quantitative estimate of drug-likeness (QED) is 0.422. The second kappa shape index (κ2) is 8.23. The van der Waals surface area contributed by atoms with Crippen LogP contribution in [0.1, 0.15) is 24.8 Å². The van der Waals surface area contributed by atoms with Crippen LogP contribution >= 0.6 is 35.1 Å². The molecule has 2 aliphatic heterocycles. The van der Waals surface area contributed by atoms with Gasteiger partial charge in [0.2, 0.25) is 0 Å². The van der Waals surface area contributed by atoms with Crippen molar-refractivity contribution in [2.45, 2.75) is 30.2 Å². The summed E-state index contributed by atoms with van der Waals surface area (Å²) < 4.78 is 2.34. The van der Waals surface area contributed by atoms with Gasteiger partial charge in [-0.05, 0) is 54.5 Å². The van der Waals surface area contributed by atoms with Gasteiger partial charge in [-0.3, -0.25) is 0 Å². The molecule has 148 valence electrons. The zero-order chi connectivity index (χ0) is 19.8. The van der Waals surface area contributed by atoms with Crippen LogP contribution in [0.25, 0.3) is 16.3 Å². The molecule has 0 aliphatic carbocycles. The molecule has 5 rings (SSSR count). The standard InChI is InChI=1S/C24H22Cl2N2S/c25-20-15-21(26)24-23-19(20)9-4-10-22(23)29-28(24)13-5-8-18-14-17(11-12-27-18)16-6-2-1-3-7-16/h1-4,6-7,9-11,15,18,27H,5,8,12-14H2. The molecule has 5 heteroatoms. The molecule has 0 saturated heterocycles. The smallest absolute Gasteiger partial charge is 0.0750 e. The fraction of sp³-hybridized carbons (Fsp3) is 0.250. The molecule has 1 atom stereocenters. The van der Waals surface area contributed by atoms with Crippen LogP contribution < -0.4 is 9.62 Å². The summed E-state index contributed by atoms with van der Waals surface area (Å²) in [5, 5.41) is 7.40. The van der Waals surface area contributed by atoms with Gasteiger partial charge in [0.05, 0.1) is 15.7 Å². The van der Waals surface area contributed by atoms with Gasteiger partial charge < -0.3 is 9.62 Å². The minimum atomic E-state index is 0.519. The average Bonchev–Trinajstić information content (AvgIpc) is 3.12. The Morgan fingerprint density at radius 2 is 1.90 bits per heavy atom. The topological polar surface area (TPSA) is 15.3 Å². The highest BCUT2D eigenvalue weighted by Gasteiger charge is 2.26. The lowest BCUT2D eigenvalue weighted by Gasteiger charge is -2.26. The van der Waals surface area contributed by atoms with E-state index in [1.54, 1.807) is 11.9 Å². The van der Waals surface area contributed by atoms with Gasteiger partial charge in [-0.1, -0.05) is 71.7 Å². The number of halogens is 2. The molecule has 3 aromatic carbocycles. The van der Waals surface area contributed by atoms with Crippen molar-refractivity contribution in [2.24, 2.45) is 0 Å². The lowest BCUT2D eigenvalue weighted by molar-refractivity contribution is 0.489. The summed E-state index contributed by atoms with van der Waals surface area (Å²) >= 11 is 14.8. The molecule has 0 saturated carbocycles. The van der Waals surface area contributed by atoms with E-state index in [0.29, 0.717) is 6.04 Å². The van der Waals surface area contributed by atoms with E-state index in [2.05, 4.69) is 64.2 Å². The van der Waals surface area contributed by atoms with Crippen molar-refractivity contribution in [1.29, 1.82) is 0 Å². The van der Waals surface area contributed by atoms with Crippen molar-refractivity contribution >= 4 is 57.2 Å². The fourth-order valence-corrected chi connectivity index (χ4v) is 6.19. The second-order valence-electron chi connectivity index (χ2n) is 7.61. The maximum Gasteiger partial charge on any atom is 0.0750 e. The Balaban J connectivity index is 1.25. The first-order valence-electron chi connectivity index (χ1n) is 10.0. The molecule has 0 fully saturated rings. The molecule has 1 unspecified atom stereocenters. The Kier molecular flexibility index (Phi) is 5.49. The zero-order valence-electron chi connectivity index (χ0n) is 16.0. The zero-order valence-corrected chi connectivity index (χ0v) is 18.3. The Bertz CT molecular complexity index is 1080. The third-order valence-corrected chi connectivity index (χ3v) is 7.46. The van der Waals surface area contributed by atoms with Crippen LogP contribution in [0.4, 0.5) is 5.69 Å². The van der Waals surface area contributed by atoms with Crippen molar-refractivity contribution in [3.05, 3.63) is 76.3 Å². The van der Waals surface area contributed by atoms with Crippen LogP contribution in [-0.4, -0.2) is 19.1 Å². The molecule has 0 spiro atoms. The van der Waals surface area contributed by atoms with Crippen molar-refractivity contribution < 1.29 is 0 Å². The Morgan fingerprint density at radius 1 is 1.03 bits per heavy atom. The molecule has 2 aliphatic rings. The Hall–Kier alpha value is -1.65. The van der Waals surface area contributed by atoms with E-state index in [0.717, 1.165) is 53.5 Å². The molecule has 3 aromatic rings. The predicted octanol–water partition coefficient (Wildman–Crippen LogP) is 7.20. The van der Waals surface area contributed by atoms with E-state index < -0.39 is 0 Å². The Labute approximate surface area is 186 Å². The minimum Gasteiger partial charge on any atom is -0.310 e. The van der Waals surface area contributed by atoms with Gasteiger partial charge in [-0.2, -0.15) is 0 Å². The first-order valence-corrected chi connectivity index (χ1v) is 11.6. The largest absolute Gasteiger partial charge is 0.310 e. The van der Waals surface area contributed by atoms with Gasteiger partial charge >= 0.3 is 0 Å². The molecular weight excluding hydrogens is 419 g/mol. The Morgan fingerprint density at radius 3 is 2.76 bits per heavy atom. The summed E-state index contributed by atoms with van der Waals surface area (Å²) in [7, 11) is 0.